The molecule has 0 saturated carbocycles. The van der Waals surface area contributed by atoms with Gasteiger partial charge in [-0.1, -0.05) is 0 Å². The van der Waals surface area contributed by atoms with Crippen LogP contribution in [0.2, 0.25) is 0 Å². The number of amides is 3. The van der Waals surface area contributed by atoms with E-state index in [0.717, 1.165) is 32.2 Å². The molecule has 0 aromatic carbocycles. The van der Waals surface area contributed by atoms with Crippen LogP contribution in [0.1, 0.15) is 32.1 Å². The molecule has 8 nitrogen and oxygen atoms in total. The van der Waals surface area contributed by atoms with Crippen LogP contribution in [0.25, 0.3) is 0 Å². The van der Waals surface area contributed by atoms with Crippen LogP contribution < -0.4 is 20.9 Å². The van der Waals surface area contributed by atoms with Crippen molar-refractivity contribution in [1.29, 1.82) is 0 Å². The first-order chi connectivity index (χ1) is 11.7. The van der Waals surface area contributed by atoms with Crippen LogP contribution in [0.3, 0.4) is 0 Å². The summed E-state index contributed by atoms with van der Waals surface area (Å²) in [6.45, 7) is 2.25. The van der Waals surface area contributed by atoms with Crippen LogP contribution >= 0.6 is 0 Å². The molecule has 130 valence electrons. The molecule has 2 atom stereocenters. The maximum atomic E-state index is 12.2. The average Bonchev–Trinajstić information content (AvgIpc) is 2.80. The van der Waals surface area contributed by atoms with Crippen LogP contribution in [0, 0.1) is 0 Å². The normalized spacial score (nSPS) is 24.7. The summed E-state index contributed by atoms with van der Waals surface area (Å²) >= 11 is 0. The number of aromatic nitrogens is 2. The van der Waals surface area contributed by atoms with Crippen LogP contribution in [0.15, 0.2) is 18.5 Å². The van der Waals surface area contributed by atoms with Gasteiger partial charge in [0.2, 0.25) is 11.9 Å². The van der Waals surface area contributed by atoms with Crippen LogP contribution in [-0.2, 0) is 4.79 Å². The molecule has 2 fully saturated rings. The van der Waals surface area contributed by atoms with Gasteiger partial charge in [0.15, 0.2) is 0 Å². The minimum Gasteiger partial charge on any atom is -0.354 e. The Hall–Kier alpha value is -2.38. The highest BCUT2D eigenvalue weighted by Gasteiger charge is 2.26. The molecule has 2 aliphatic heterocycles. The molecule has 8 heteroatoms. The quantitative estimate of drug-likeness (QED) is 0.745. The zero-order valence-corrected chi connectivity index (χ0v) is 13.7. The SMILES string of the molecule is O=C(N[C@@H]1CCCN(c2ncccn2)C1)N[C@@H]1CCCCNC1=O. The van der Waals surface area contributed by atoms with Gasteiger partial charge in [-0.25, -0.2) is 14.8 Å². The van der Waals surface area contributed by atoms with Crippen molar-refractivity contribution in [3.63, 3.8) is 0 Å². The summed E-state index contributed by atoms with van der Waals surface area (Å²) in [5, 5.41) is 8.60. The van der Waals surface area contributed by atoms with Crippen molar-refractivity contribution in [1.82, 2.24) is 25.9 Å². The molecule has 24 heavy (non-hydrogen) atoms. The zero-order valence-electron chi connectivity index (χ0n) is 13.7. The second-order valence-electron chi connectivity index (χ2n) is 6.29. The summed E-state index contributed by atoms with van der Waals surface area (Å²) in [5.74, 6) is 0.596. The van der Waals surface area contributed by atoms with Gasteiger partial charge in [-0.3, -0.25) is 4.79 Å². The molecule has 0 spiro atoms. The van der Waals surface area contributed by atoms with Gasteiger partial charge in [0.25, 0.3) is 0 Å². The lowest BCUT2D eigenvalue weighted by molar-refractivity contribution is -0.122. The maximum absolute atomic E-state index is 12.2. The molecule has 3 rings (SSSR count). The van der Waals surface area contributed by atoms with Crippen LogP contribution in [0.5, 0.6) is 0 Å². The second kappa shape index (κ2) is 7.94. The molecule has 0 aliphatic carbocycles. The Kier molecular flexibility index (Phi) is 5.45. The average molecular weight is 332 g/mol. The number of rotatable bonds is 3. The topological polar surface area (TPSA) is 99.2 Å². The molecule has 0 radical (unpaired) electrons. The molecule has 1 aromatic heterocycles. The summed E-state index contributed by atoms with van der Waals surface area (Å²) < 4.78 is 0. The van der Waals surface area contributed by atoms with Crippen molar-refractivity contribution in [2.45, 2.75) is 44.2 Å². The zero-order chi connectivity index (χ0) is 16.8. The Balaban J connectivity index is 1.51. The molecular formula is C16H24N6O2. The predicted molar refractivity (Wildman–Crippen MR) is 89.6 cm³/mol. The van der Waals surface area contributed by atoms with Crippen molar-refractivity contribution < 1.29 is 9.59 Å². The highest BCUT2D eigenvalue weighted by atomic mass is 16.2. The second-order valence-corrected chi connectivity index (χ2v) is 6.29. The highest BCUT2D eigenvalue weighted by Crippen LogP contribution is 2.15. The van der Waals surface area contributed by atoms with Crippen molar-refractivity contribution in [2.24, 2.45) is 0 Å². The van der Waals surface area contributed by atoms with Gasteiger partial charge >= 0.3 is 6.03 Å². The van der Waals surface area contributed by atoms with Crippen LogP contribution in [0.4, 0.5) is 10.7 Å². The standard InChI is InChI=1S/C16H24N6O2/c23-14-13(6-1-2-7-17-14)21-16(24)20-12-5-3-10-22(11-12)15-18-8-4-9-19-15/h4,8-9,12-13H,1-3,5-7,10-11H2,(H,17,23)(H2,20,21,24)/t12-,13-/m1/s1. The first-order valence-corrected chi connectivity index (χ1v) is 8.59. The fourth-order valence-electron chi connectivity index (χ4n) is 3.19. The Labute approximate surface area is 141 Å². The van der Waals surface area contributed by atoms with E-state index in [1.807, 2.05) is 0 Å². The maximum Gasteiger partial charge on any atom is 0.315 e. The number of hydrogen-bond acceptors (Lipinski definition) is 5. The van der Waals surface area contributed by atoms with Gasteiger partial charge in [-0.2, -0.15) is 0 Å². The van der Waals surface area contributed by atoms with E-state index in [1.165, 1.54) is 0 Å². The smallest absolute Gasteiger partial charge is 0.315 e. The lowest BCUT2D eigenvalue weighted by Crippen LogP contribution is -2.54. The van der Waals surface area contributed by atoms with Crippen molar-refractivity contribution >= 4 is 17.9 Å². The molecule has 2 saturated heterocycles. The number of carbonyl (C=O) groups excluding carboxylic acids is 2. The Morgan fingerprint density at radius 1 is 1.17 bits per heavy atom. The van der Waals surface area contributed by atoms with Gasteiger partial charge in [-0.15, -0.1) is 0 Å². The molecule has 2 aliphatic rings. The van der Waals surface area contributed by atoms with E-state index in [4.69, 9.17) is 0 Å². The van der Waals surface area contributed by atoms with Crippen molar-refractivity contribution in [3.8, 4) is 0 Å². The molecule has 3 amide bonds. The van der Waals surface area contributed by atoms with E-state index in [9.17, 15) is 9.59 Å². The first-order valence-electron chi connectivity index (χ1n) is 8.59. The lowest BCUT2D eigenvalue weighted by atomic mass is 10.1. The van der Waals surface area contributed by atoms with Crippen LogP contribution in [-0.4, -0.2) is 53.6 Å². The molecule has 0 bridgehead atoms. The summed E-state index contributed by atoms with van der Waals surface area (Å²) in [7, 11) is 0. The molecule has 3 heterocycles. The van der Waals surface area contributed by atoms with Gasteiger partial charge in [0.05, 0.1) is 0 Å². The predicted octanol–water partition coefficient (Wildman–Crippen LogP) is 0.413. The number of hydrogen-bond donors (Lipinski definition) is 3. The minimum atomic E-state index is -0.440. The number of anilines is 1. The fraction of sp³-hybridized carbons (Fsp3) is 0.625. The Morgan fingerprint density at radius 3 is 2.83 bits per heavy atom. The summed E-state index contributed by atoms with van der Waals surface area (Å²) in [4.78, 5) is 34.7. The van der Waals surface area contributed by atoms with E-state index in [-0.39, 0.29) is 18.0 Å². The number of nitrogens with one attached hydrogen (secondary N) is 3. The highest BCUT2D eigenvalue weighted by molar-refractivity contribution is 5.87. The first kappa shape index (κ1) is 16.5. The van der Waals surface area contributed by atoms with Gasteiger partial charge in [0.1, 0.15) is 6.04 Å². The third-order valence-corrected chi connectivity index (χ3v) is 4.43. The van der Waals surface area contributed by atoms with Gasteiger partial charge < -0.3 is 20.9 Å². The monoisotopic (exact) mass is 332 g/mol. The van der Waals surface area contributed by atoms with Gasteiger partial charge in [-0.05, 0) is 38.2 Å². The molecule has 0 unspecified atom stereocenters. The van der Waals surface area contributed by atoms with Crippen molar-refractivity contribution in [3.05, 3.63) is 18.5 Å². The number of urea groups is 1. The van der Waals surface area contributed by atoms with E-state index in [1.54, 1.807) is 18.5 Å². The van der Waals surface area contributed by atoms with E-state index >= 15 is 0 Å². The Bertz CT molecular complexity index is 567. The third kappa shape index (κ3) is 4.33. The Morgan fingerprint density at radius 2 is 2.00 bits per heavy atom. The summed E-state index contributed by atoms with van der Waals surface area (Å²) in [5.41, 5.74) is 0. The molecule has 1 aromatic rings. The van der Waals surface area contributed by atoms with E-state index < -0.39 is 6.04 Å². The number of nitrogens with zero attached hydrogens (tertiary/aromatic N) is 3. The fourth-order valence-corrected chi connectivity index (χ4v) is 3.19. The summed E-state index contributed by atoms with van der Waals surface area (Å²) in [6.07, 6.45) is 7.90. The van der Waals surface area contributed by atoms with E-state index in [2.05, 4.69) is 30.8 Å². The summed E-state index contributed by atoms with van der Waals surface area (Å²) in [6, 6.07) is 1.09. The van der Waals surface area contributed by atoms with Gasteiger partial charge in [0, 0.05) is 38.1 Å². The third-order valence-electron chi connectivity index (χ3n) is 4.43. The molecule has 3 N–H and O–H groups in total. The number of piperidine rings is 1. The largest absolute Gasteiger partial charge is 0.354 e. The lowest BCUT2D eigenvalue weighted by Gasteiger charge is -2.33. The molecular weight excluding hydrogens is 308 g/mol. The number of carbonyl (C=O) groups is 2. The van der Waals surface area contributed by atoms with E-state index in [0.29, 0.717) is 25.5 Å². The minimum absolute atomic E-state index is 0.0244. The van der Waals surface area contributed by atoms with Crippen molar-refractivity contribution in [2.75, 3.05) is 24.5 Å².